The van der Waals surface area contributed by atoms with Gasteiger partial charge in [0, 0.05) is 12.6 Å². The maximum Gasteiger partial charge on any atom is 0.349 e. The highest BCUT2D eigenvalue weighted by Gasteiger charge is 2.35. The molecule has 0 radical (unpaired) electrons. The molecule has 1 aromatic heterocycles. The van der Waals surface area contributed by atoms with Crippen LogP contribution in [0.3, 0.4) is 0 Å². The van der Waals surface area contributed by atoms with Crippen LogP contribution in [0.1, 0.15) is 15.2 Å². The summed E-state index contributed by atoms with van der Waals surface area (Å²) in [6, 6.07) is 8.39. The lowest BCUT2D eigenvalue weighted by Crippen LogP contribution is -2.46. The van der Waals surface area contributed by atoms with Crippen molar-refractivity contribution in [3.8, 4) is 0 Å². The van der Waals surface area contributed by atoms with Crippen molar-refractivity contribution in [3.05, 3.63) is 46.2 Å². The number of methoxy groups -OCH3 is 1. The monoisotopic (exact) mass is 352 g/mol. The summed E-state index contributed by atoms with van der Waals surface area (Å²) in [5, 5.41) is 1.56. The normalized spacial score (nSPS) is 17.7. The molecule has 1 atom stereocenters. The lowest BCUT2D eigenvalue weighted by Gasteiger charge is -2.33. The fourth-order valence-electron chi connectivity index (χ4n) is 2.67. The second-order valence-corrected chi connectivity index (χ2v) is 7.98. The molecule has 0 saturated carbocycles. The quantitative estimate of drug-likeness (QED) is 0.848. The van der Waals surface area contributed by atoms with E-state index in [2.05, 4.69) is 4.74 Å². The van der Waals surface area contributed by atoms with Crippen LogP contribution in [0, 0.1) is 0 Å². The molecule has 0 bridgehead atoms. The van der Waals surface area contributed by atoms with Gasteiger partial charge in [-0.3, -0.25) is 4.31 Å². The molecule has 122 valence electrons. The standard InChI is InChI=1S/C15H16N2O4S2/c1-21-15(18)14-13(6-7-22-14)23(19,20)17-9-11(16)8-10-4-2-3-5-12(10)17/h2-7,11H,8-9,16H2,1H3. The molecule has 23 heavy (non-hydrogen) atoms. The van der Waals surface area contributed by atoms with Crippen LogP contribution in [0.4, 0.5) is 5.69 Å². The van der Waals surface area contributed by atoms with E-state index in [-0.39, 0.29) is 22.4 Å². The fraction of sp³-hybridized carbons (Fsp3) is 0.267. The average molecular weight is 352 g/mol. The van der Waals surface area contributed by atoms with Crippen LogP contribution < -0.4 is 10.0 Å². The van der Waals surface area contributed by atoms with E-state index in [0.717, 1.165) is 16.9 Å². The van der Waals surface area contributed by atoms with Gasteiger partial charge in [0.05, 0.1) is 12.8 Å². The maximum atomic E-state index is 13.1. The van der Waals surface area contributed by atoms with E-state index in [1.165, 1.54) is 17.5 Å². The number of sulfonamides is 1. The Morgan fingerprint density at radius 3 is 2.83 bits per heavy atom. The first-order valence-corrected chi connectivity index (χ1v) is 9.29. The van der Waals surface area contributed by atoms with Crippen LogP contribution in [0.15, 0.2) is 40.6 Å². The van der Waals surface area contributed by atoms with Crippen LogP contribution in [0.25, 0.3) is 0 Å². The van der Waals surface area contributed by atoms with Crippen LogP contribution >= 0.6 is 11.3 Å². The minimum Gasteiger partial charge on any atom is -0.465 e. The molecule has 1 unspecified atom stereocenters. The van der Waals surface area contributed by atoms with Crippen molar-refractivity contribution in [1.29, 1.82) is 0 Å². The van der Waals surface area contributed by atoms with E-state index >= 15 is 0 Å². The van der Waals surface area contributed by atoms with E-state index in [4.69, 9.17) is 5.73 Å². The van der Waals surface area contributed by atoms with Gasteiger partial charge in [0.2, 0.25) is 0 Å². The predicted octanol–water partition coefficient (Wildman–Crippen LogP) is 1.61. The van der Waals surface area contributed by atoms with E-state index in [9.17, 15) is 13.2 Å². The van der Waals surface area contributed by atoms with Gasteiger partial charge in [-0.1, -0.05) is 18.2 Å². The highest BCUT2D eigenvalue weighted by atomic mass is 32.2. The zero-order valence-electron chi connectivity index (χ0n) is 12.4. The number of anilines is 1. The molecule has 6 nitrogen and oxygen atoms in total. The summed E-state index contributed by atoms with van der Waals surface area (Å²) in [5.74, 6) is -0.659. The van der Waals surface area contributed by atoms with Crippen LogP contribution in [0.5, 0.6) is 0 Å². The number of hydrogen-bond acceptors (Lipinski definition) is 6. The molecule has 0 aliphatic carbocycles. The number of rotatable bonds is 3. The molecule has 1 aliphatic heterocycles. The molecule has 2 heterocycles. The predicted molar refractivity (Wildman–Crippen MR) is 88.3 cm³/mol. The highest BCUT2D eigenvalue weighted by Crippen LogP contribution is 2.34. The van der Waals surface area contributed by atoms with Gasteiger partial charge in [-0.05, 0) is 29.5 Å². The van der Waals surface area contributed by atoms with Gasteiger partial charge in [0.15, 0.2) is 0 Å². The summed E-state index contributed by atoms with van der Waals surface area (Å²) >= 11 is 1.04. The Morgan fingerprint density at radius 2 is 2.09 bits per heavy atom. The number of carbonyl (C=O) groups excluding carboxylic acids is 1. The van der Waals surface area contributed by atoms with Crippen molar-refractivity contribution >= 4 is 33.0 Å². The molecule has 2 aromatic rings. The first-order chi connectivity index (χ1) is 10.9. The van der Waals surface area contributed by atoms with Crippen molar-refractivity contribution in [2.24, 2.45) is 5.73 Å². The number of ether oxygens (including phenoxy) is 1. The lowest BCUT2D eigenvalue weighted by atomic mass is 10.0. The zero-order valence-corrected chi connectivity index (χ0v) is 14.1. The summed E-state index contributed by atoms with van der Waals surface area (Å²) in [6.07, 6.45) is 0.621. The van der Waals surface area contributed by atoms with Crippen molar-refractivity contribution in [1.82, 2.24) is 0 Å². The first-order valence-electron chi connectivity index (χ1n) is 6.97. The highest BCUT2D eigenvalue weighted by molar-refractivity contribution is 7.93. The van der Waals surface area contributed by atoms with Gasteiger partial charge in [-0.2, -0.15) is 0 Å². The molecular formula is C15H16N2O4S2. The Hall–Kier alpha value is -1.90. The molecule has 8 heteroatoms. The minimum atomic E-state index is -3.89. The molecule has 1 aliphatic rings. The Balaban J connectivity index is 2.11. The van der Waals surface area contributed by atoms with E-state index < -0.39 is 16.0 Å². The van der Waals surface area contributed by atoms with Crippen molar-refractivity contribution < 1.29 is 17.9 Å². The van der Waals surface area contributed by atoms with E-state index in [1.54, 1.807) is 17.5 Å². The van der Waals surface area contributed by atoms with Crippen LogP contribution in [-0.4, -0.2) is 34.1 Å². The number of para-hydroxylation sites is 1. The number of thiophene rings is 1. The SMILES string of the molecule is COC(=O)c1sccc1S(=O)(=O)N1CC(N)Cc2ccccc21. The Morgan fingerprint density at radius 1 is 1.35 bits per heavy atom. The number of nitrogens with zero attached hydrogens (tertiary/aromatic N) is 1. The third-order valence-electron chi connectivity index (χ3n) is 3.71. The Labute approximate surface area is 138 Å². The summed E-state index contributed by atoms with van der Waals surface area (Å²) < 4.78 is 32.1. The second-order valence-electron chi connectivity index (χ2n) is 5.23. The molecular weight excluding hydrogens is 336 g/mol. The summed E-state index contributed by atoms with van der Waals surface area (Å²) in [4.78, 5) is 11.8. The third-order valence-corrected chi connectivity index (χ3v) is 6.56. The van der Waals surface area contributed by atoms with Gasteiger partial charge in [0.1, 0.15) is 9.77 Å². The topological polar surface area (TPSA) is 89.7 Å². The molecule has 0 amide bonds. The van der Waals surface area contributed by atoms with Gasteiger partial charge in [0.25, 0.3) is 10.0 Å². The molecule has 1 aromatic carbocycles. The Bertz CT molecular complexity index is 845. The molecule has 0 saturated heterocycles. The largest absolute Gasteiger partial charge is 0.465 e. The smallest absolute Gasteiger partial charge is 0.349 e. The molecule has 2 N–H and O–H groups in total. The summed E-state index contributed by atoms with van der Waals surface area (Å²) in [7, 11) is -2.66. The van der Waals surface area contributed by atoms with Crippen molar-refractivity contribution in [2.45, 2.75) is 17.4 Å². The number of nitrogens with two attached hydrogens (primary N) is 1. The Kier molecular flexibility index (Phi) is 4.13. The number of carbonyl (C=O) groups is 1. The average Bonchev–Trinajstić information content (AvgIpc) is 3.03. The van der Waals surface area contributed by atoms with E-state index in [1.807, 2.05) is 12.1 Å². The van der Waals surface area contributed by atoms with Crippen LogP contribution in [0.2, 0.25) is 0 Å². The van der Waals surface area contributed by atoms with Crippen LogP contribution in [-0.2, 0) is 21.2 Å². The maximum absolute atomic E-state index is 13.1. The number of benzene rings is 1. The van der Waals surface area contributed by atoms with Gasteiger partial charge in [-0.25, -0.2) is 13.2 Å². The van der Waals surface area contributed by atoms with Gasteiger partial charge in [-0.15, -0.1) is 11.3 Å². The van der Waals surface area contributed by atoms with Crippen molar-refractivity contribution in [3.63, 3.8) is 0 Å². The van der Waals surface area contributed by atoms with Gasteiger partial charge < -0.3 is 10.5 Å². The minimum absolute atomic E-state index is 0.0433. The lowest BCUT2D eigenvalue weighted by molar-refractivity contribution is 0.0602. The number of fused-ring (bicyclic) bond motifs is 1. The molecule has 0 fully saturated rings. The summed E-state index contributed by atoms with van der Waals surface area (Å²) in [6.45, 7) is 0.176. The van der Waals surface area contributed by atoms with E-state index in [0.29, 0.717) is 12.1 Å². The molecule has 0 spiro atoms. The summed E-state index contributed by atoms with van der Waals surface area (Å²) in [5.41, 5.74) is 7.51. The number of hydrogen-bond donors (Lipinski definition) is 1. The fourth-order valence-corrected chi connectivity index (χ4v) is 5.54. The van der Waals surface area contributed by atoms with Gasteiger partial charge >= 0.3 is 5.97 Å². The zero-order chi connectivity index (χ0) is 16.6. The third kappa shape index (κ3) is 2.73. The van der Waals surface area contributed by atoms with Crippen molar-refractivity contribution in [2.75, 3.05) is 18.0 Å². The first kappa shape index (κ1) is 16.0. The number of esters is 1. The molecule has 3 rings (SSSR count). The second kappa shape index (κ2) is 5.95.